The molecule has 1 N–H and O–H groups in total. The van der Waals surface area contributed by atoms with Crippen molar-refractivity contribution in [3.05, 3.63) is 35.9 Å². The molecule has 0 aromatic heterocycles. The molecule has 1 fully saturated rings. The Morgan fingerprint density at radius 3 is 2.24 bits per heavy atom. The minimum Gasteiger partial charge on any atom is -0.319 e. The van der Waals surface area contributed by atoms with Crippen LogP contribution in [0.3, 0.4) is 0 Å². The summed E-state index contributed by atoms with van der Waals surface area (Å²) in [4.78, 5) is 0. The molecule has 0 heterocycles. The van der Waals surface area contributed by atoms with Gasteiger partial charge in [-0.05, 0) is 36.8 Å². The number of hydrogen-bond acceptors (Lipinski definition) is 1. The van der Waals surface area contributed by atoms with Crippen LogP contribution in [0.4, 0.5) is 0 Å². The van der Waals surface area contributed by atoms with E-state index in [1.165, 1.54) is 18.4 Å². The Balaban J connectivity index is 2.16. The van der Waals surface area contributed by atoms with Crippen LogP contribution in [0.2, 0.25) is 0 Å². The first kappa shape index (κ1) is 12.6. The SMILES string of the molecule is CNCC1(c2ccccc2)CC(C(C)(C)C)C1. The number of benzene rings is 1. The molecule has 0 aliphatic heterocycles. The molecule has 0 amide bonds. The summed E-state index contributed by atoms with van der Waals surface area (Å²) in [5, 5.41) is 3.38. The molecule has 94 valence electrons. The van der Waals surface area contributed by atoms with Crippen molar-refractivity contribution in [1.82, 2.24) is 5.32 Å². The molecule has 1 aliphatic carbocycles. The van der Waals surface area contributed by atoms with Gasteiger partial charge in [-0.3, -0.25) is 0 Å². The maximum absolute atomic E-state index is 3.38. The minimum atomic E-state index is 0.383. The van der Waals surface area contributed by atoms with Gasteiger partial charge in [0.25, 0.3) is 0 Å². The van der Waals surface area contributed by atoms with Crippen molar-refractivity contribution in [3.8, 4) is 0 Å². The van der Waals surface area contributed by atoms with Gasteiger partial charge in [-0.1, -0.05) is 51.1 Å². The lowest BCUT2D eigenvalue weighted by Gasteiger charge is -2.53. The van der Waals surface area contributed by atoms with E-state index >= 15 is 0 Å². The Kier molecular flexibility index (Phi) is 3.31. The lowest BCUT2D eigenvalue weighted by Crippen LogP contribution is -2.51. The molecular weight excluding hydrogens is 206 g/mol. The smallest absolute Gasteiger partial charge is 0.00833 e. The normalized spacial score (nSPS) is 28.8. The third kappa shape index (κ3) is 2.40. The van der Waals surface area contributed by atoms with Crippen molar-refractivity contribution >= 4 is 0 Å². The van der Waals surface area contributed by atoms with Crippen molar-refractivity contribution in [3.63, 3.8) is 0 Å². The van der Waals surface area contributed by atoms with Gasteiger partial charge in [0.1, 0.15) is 0 Å². The van der Waals surface area contributed by atoms with Gasteiger partial charge in [-0.2, -0.15) is 0 Å². The largest absolute Gasteiger partial charge is 0.319 e. The summed E-state index contributed by atoms with van der Waals surface area (Å²) in [6.45, 7) is 8.20. The molecular formula is C16H25N. The topological polar surface area (TPSA) is 12.0 Å². The number of likely N-dealkylation sites (N-methyl/N-ethyl adjacent to an activating group) is 1. The predicted molar refractivity (Wildman–Crippen MR) is 74.2 cm³/mol. The molecule has 0 bridgehead atoms. The first-order valence-electron chi connectivity index (χ1n) is 6.68. The van der Waals surface area contributed by atoms with Gasteiger partial charge in [0.2, 0.25) is 0 Å². The molecule has 0 spiro atoms. The summed E-state index contributed by atoms with van der Waals surface area (Å²) < 4.78 is 0. The van der Waals surface area contributed by atoms with Gasteiger partial charge in [-0.25, -0.2) is 0 Å². The second-order valence-corrected chi connectivity index (χ2v) is 6.65. The second-order valence-electron chi connectivity index (χ2n) is 6.65. The molecule has 1 aromatic rings. The molecule has 0 unspecified atom stereocenters. The van der Waals surface area contributed by atoms with E-state index in [0.29, 0.717) is 10.8 Å². The van der Waals surface area contributed by atoms with Crippen LogP contribution in [0.5, 0.6) is 0 Å². The molecule has 1 aromatic carbocycles. The van der Waals surface area contributed by atoms with Gasteiger partial charge in [-0.15, -0.1) is 0 Å². The van der Waals surface area contributed by atoms with Crippen LogP contribution in [0.25, 0.3) is 0 Å². The third-order valence-corrected chi connectivity index (χ3v) is 4.40. The van der Waals surface area contributed by atoms with Crippen molar-refractivity contribution in [2.45, 2.75) is 39.0 Å². The zero-order chi connectivity index (χ0) is 12.5. The molecule has 0 radical (unpaired) electrons. The highest BCUT2D eigenvalue weighted by Gasteiger charge is 2.48. The van der Waals surface area contributed by atoms with Crippen LogP contribution in [-0.4, -0.2) is 13.6 Å². The summed E-state index contributed by atoms with van der Waals surface area (Å²) in [6.07, 6.45) is 2.64. The van der Waals surface area contributed by atoms with Gasteiger partial charge < -0.3 is 5.32 Å². The van der Waals surface area contributed by atoms with Crippen molar-refractivity contribution < 1.29 is 0 Å². The van der Waals surface area contributed by atoms with Crippen LogP contribution < -0.4 is 5.32 Å². The van der Waals surface area contributed by atoms with Gasteiger partial charge >= 0.3 is 0 Å². The van der Waals surface area contributed by atoms with Crippen LogP contribution in [0.15, 0.2) is 30.3 Å². The minimum absolute atomic E-state index is 0.383. The zero-order valence-corrected chi connectivity index (χ0v) is 11.6. The maximum atomic E-state index is 3.38. The van der Waals surface area contributed by atoms with E-state index in [0.717, 1.165) is 12.5 Å². The summed E-state index contributed by atoms with van der Waals surface area (Å²) in [5.41, 5.74) is 2.34. The first-order valence-corrected chi connectivity index (χ1v) is 6.68. The van der Waals surface area contributed by atoms with E-state index in [9.17, 15) is 0 Å². The Bertz CT molecular complexity index is 355. The highest BCUT2D eigenvalue weighted by atomic mass is 14.8. The molecule has 1 heteroatoms. The molecule has 1 nitrogen and oxygen atoms in total. The first-order chi connectivity index (χ1) is 7.98. The lowest BCUT2D eigenvalue weighted by atomic mass is 9.52. The fraction of sp³-hybridized carbons (Fsp3) is 0.625. The molecule has 1 saturated carbocycles. The third-order valence-electron chi connectivity index (χ3n) is 4.40. The fourth-order valence-electron chi connectivity index (χ4n) is 3.11. The molecule has 2 rings (SSSR count). The lowest BCUT2D eigenvalue weighted by molar-refractivity contribution is 0.0460. The molecule has 17 heavy (non-hydrogen) atoms. The zero-order valence-electron chi connectivity index (χ0n) is 11.6. The predicted octanol–water partition coefficient (Wildman–Crippen LogP) is 3.60. The van der Waals surface area contributed by atoms with E-state index in [1.54, 1.807) is 0 Å². The Morgan fingerprint density at radius 1 is 1.18 bits per heavy atom. The van der Waals surface area contributed by atoms with Crippen LogP contribution in [0.1, 0.15) is 39.2 Å². The fourth-order valence-corrected chi connectivity index (χ4v) is 3.11. The number of rotatable bonds is 3. The summed E-state index contributed by atoms with van der Waals surface area (Å²) >= 11 is 0. The quantitative estimate of drug-likeness (QED) is 0.838. The second kappa shape index (κ2) is 4.45. The summed E-state index contributed by atoms with van der Waals surface area (Å²) in [5.74, 6) is 0.857. The van der Waals surface area contributed by atoms with E-state index < -0.39 is 0 Å². The van der Waals surface area contributed by atoms with Gasteiger partial charge in [0, 0.05) is 12.0 Å². The van der Waals surface area contributed by atoms with Crippen molar-refractivity contribution in [2.24, 2.45) is 11.3 Å². The van der Waals surface area contributed by atoms with Crippen LogP contribution in [0, 0.1) is 11.3 Å². The highest BCUT2D eigenvalue weighted by molar-refractivity contribution is 5.30. The van der Waals surface area contributed by atoms with Gasteiger partial charge in [0.05, 0.1) is 0 Å². The number of nitrogens with one attached hydrogen (secondary N) is 1. The average Bonchev–Trinajstić information content (AvgIpc) is 2.22. The molecule has 0 saturated heterocycles. The van der Waals surface area contributed by atoms with Crippen LogP contribution >= 0.6 is 0 Å². The standard InChI is InChI=1S/C16H25N/c1-15(2,3)14-10-16(11-14,12-17-4)13-8-6-5-7-9-13/h5-9,14,17H,10-12H2,1-4H3. The van der Waals surface area contributed by atoms with Crippen molar-refractivity contribution in [1.29, 1.82) is 0 Å². The summed E-state index contributed by atoms with van der Waals surface area (Å²) in [6, 6.07) is 11.0. The van der Waals surface area contributed by atoms with Crippen molar-refractivity contribution in [2.75, 3.05) is 13.6 Å². The Morgan fingerprint density at radius 2 is 1.76 bits per heavy atom. The Labute approximate surface area is 106 Å². The highest BCUT2D eigenvalue weighted by Crippen LogP contribution is 2.53. The molecule has 0 atom stereocenters. The van der Waals surface area contributed by atoms with Gasteiger partial charge in [0.15, 0.2) is 0 Å². The van der Waals surface area contributed by atoms with Crippen LogP contribution in [-0.2, 0) is 5.41 Å². The van der Waals surface area contributed by atoms with E-state index in [4.69, 9.17) is 0 Å². The summed E-state index contributed by atoms with van der Waals surface area (Å²) in [7, 11) is 2.06. The monoisotopic (exact) mass is 231 g/mol. The molecule has 1 aliphatic rings. The Hall–Kier alpha value is -0.820. The van der Waals surface area contributed by atoms with E-state index in [-0.39, 0.29) is 0 Å². The maximum Gasteiger partial charge on any atom is 0.00833 e. The van der Waals surface area contributed by atoms with E-state index in [2.05, 4.69) is 63.5 Å². The number of hydrogen-bond donors (Lipinski definition) is 1. The van der Waals surface area contributed by atoms with E-state index in [1.807, 2.05) is 0 Å². The average molecular weight is 231 g/mol.